The van der Waals surface area contributed by atoms with Gasteiger partial charge < -0.3 is 25.1 Å². The van der Waals surface area contributed by atoms with Crippen LogP contribution in [0, 0.1) is 18.8 Å². The van der Waals surface area contributed by atoms with Crippen LogP contribution >= 0.6 is 0 Å². The van der Waals surface area contributed by atoms with Gasteiger partial charge in [-0.2, -0.15) is 0 Å². The number of carboxylic acid groups (broad SMARTS) is 1. The Morgan fingerprint density at radius 1 is 1.03 bits per heavy atom. The number of aliphatic carboxylic acids is 1. The van der Waals surface area contributed by atoms with E-state index in [9.17, 15) is 24.3 Å². The maximum atomic E-state index is 13.3. The number of carbonyl (C=O) groups excluding carboxylic acids is 3. The lowest BCUT2D eigenvalue weighted by Gasteiger charge is -2.28. The highest BCUT2D eigenvalue weighted by Gasteiger charge is 2.32. The lowest BCUT2D eigenvalue weighted by molar-refractivity contribution is -0.136. The van der Waals surface area contributed by atoms with E-state index in [1.807, 2.05) is 6.92 Å². The molecule has 0 unspecified atom stereocenters. The lowest BCUT2D eigenvalue weighted by atomic mass is 9.81. The Labute approximate surface area is 214 Å². The van der Waals surface area contributed by atoms with E-state index >= 15 is 0 Å². The predicted molar refractivity (Wildman–Crippen MR) is 137 cm³/mol. The van der Waals surface area contributed by atoms with E-state index < -0.39 is 11.9 Å². The van der Waals surface area contributed by atoms with Crippen molar-refractivity contribution in [3.8, 4) is 0 Å². The fourth-order valence-electron chi connectivity index (χ4n) is 4.62. The molecular formula is C27H30N4O6. The Kier molecular flexibility index (Phi) is 7.56. The molecule has 10 nitrogen and oxygen atoms in total. The van der Waals surface area contributed by atoms with Gasteiger partial charge in [-0.05, 0) is 61.9 Å². The van der Waals surface area contributed by atoms with Gasteiger partial charge in [0.15, 0.2) is 0 Å². The second-order valence-corrected chi connectivity index (χ2v) is 9.65. The third-order valence-corrected chi connectivity index (χ3v) is 6.60. The van der Waals surface area contributed by atoms with E-state index in [1.54, 1.807) is 55.5 Å². The van der Waals surface area contributed by atoms with Crippen LogP contribution < -0.4 is 10.6 Å². The number of benzene rings is 1. The van der Waals surface area contributed by atoms with Gasteiger partial charge in [0.1, 0.15) is 17.1 Å². The lowest BCUT2D eigenvalue weighted by Crippen LogP contribution is -2.35. The Hall–Kier alpha value is -4.21. The highest BCUT2D eigenvalue weighted by atomic mass is 16.4. The van der Waals surface area contributed by atoms with Gasteiger partial charge in [0.05, 0.1) is 6.42 Å². The second-order valence-electron chi connectivity index (χ2n) is 9.65. The first-order chi connectivity index (χ1) is 17.6. The van der Waals surface area contributed by atoms with Crippen molar-refractivity contribution in [2.75, 3.05) is 24.7 Å². The van der Waals surface area contributed by atoms with Crippen LogP contribution in [0.4, 0.5) is 11.5 Å². The van der Waals surface area contributed by atoms with E-state index in [1.165, 1.54) is 0 Å². The van der Waals surface area contributed by atoms with Gasteiger partial charge in [-0.3, -0.25) is 19.2 Å². The van der Waals surface area contributed by atoms with Crippen molar-refractivity contribution in [3.05, 3.63) is 53.4 Å². The SMILES string of the molecule is Cc1ccc(NC(=O)c2oc3ccc(CC(=O)O)cc3c2NC(=O)[C@H]2CC[C@H](C(=O)N(C)C)CC2)nc1. The third kappa shape index (κ3) is 5.96. The Morgan fingerprint density at radius 3 is 2.35 bits per heavy atom. The molecule has 1 aliphatic carbocycles. The molecule has 10 heteroatoms. The van der Waals surface area contributed by atoms with Gasteiger partial charge in [0, 0.05) is 37.5 Å². The van der Waals surface area contributed by atoms with Crippen LogP contribution in [0.1, 0.15) is 47.4 Å². The average molecular weight is 507 g/mol. The quantitative estimate of drug-likeness (QED) is 0.442. The average Bonchev–Trinajstić information content (AvgIpc) is 3.22. The summed E-state index contributed by atoms with van der Waals surface area (Å²) in [6.45, 7) is 1.88. The summed E-state index contributed by atoms with van der Waals surface area (Å²) in [6, 6.07) is 8.27. The largest absolute Gasteiger partial charge is 0.481 e. The predicted octanol–water partition coefficient (Wildman–Crippen LogP) is 3.85. The van der Waals surface area contributed by atoms with Crippen molar-refractivity contribution in [2.24, 2.45) is 11.8 Å². The smallest absolute Gasteiger partial charge is 0.307 e. The van der Waals surface area contributed by atoms with E-state index in [4.69, 9.17) is 4.42 Å². The zero-order chi connectivity index (χ0) is 26.7. The number of furan rings is 1. The monoisotopic (exact) mass is 506 g/mol. The number of carboxylic acids is 1. The summed E-state index contributed by atoms with van der Waals surface area (Å²) in [6.07, 6.45) is 3.71. The molecule has 0 spiro atoms. The molecule has 194 valence electrons. The molecule has 1 saturated carbocycles. The first kappa shape index (κ1) is 25.9. The molecule has 0 bridgehead atoms. The molecule has 3 amide bonds. The van der Waals surface area contributed by atoms with Crippen LogP contribution in [0.5, 0.6) is 0 Å². The van der Waals surface area contributed by atoms with Crippen molar-refractivity contribution in [1.82, 2.24) is 9.88 Å². The van der Waals surface area contributed by atoms with Crippen LogP contribution in [0.25, 0.3) is 11.0 Å². The van der Waals surface area contributed by atoms with E-state index in [-0.39, 0.29) is 41.5 Å². The molecule has 1 aromatic carbocycles. The Balaban J connectivity index is 1.60. The molecule has 1 aliphatic rings. The maximum absolute atomic E-state index is 13.3. The number of aromatic nitrogens is 1. The zero-order valence-electron chi connectivity index (χ0n) is 21.0. The summed E-state index contributed by atoms with van der Waals surface area (Å²) in [7, 11) is 3.45. The third-order valence-electron chi connectivity index (χ3n) is 6.60. The summed E-state index contributed by atoms with van der Waals surface area (Å²) >= 11 is 0. The van der Waals surface area contributed by atoms with Crippen molar-refractivity contribution in [3.63, 3.8) is 0 Å². The number of pyridine rings is 1. The second kappa shape index (κ2) is 10.8. The first-order valence-electron chi connectivity index (χ1n) is 12.2. The fraction of sp³-hybridized carbons (Fsp3) is 0.370. The summed E-state index contributed by atoms with van der Waals surface area (Å²) in [4.78, 5) is 55.7. The molecule has 3 aromatic rings. The normalized spacial score (nSPS) is 17.3. The number of amides is 3. The molecule has 1 fully saturated rings. The summed E-state index contributed by atoms with van der Waals surface area (Å²) in [5.41, 5.74) is 1.96. The van der Waals surface area contributed by atoms with Gasteiger partial charge in [-0.1, -0.05) is 12.1 Å². The Bertz CT molecular complexity index is 1340. The number of anilines is 2. The number of carbonyl (C=O) groups is 4. The van der Waals surface area contributed by atoms with Crippen LogP contribution in [-0.2, 0) is 20.8 Å². The minimum absolute atomic E-state index is 0.0642. The highest BCUT2D eigenvalue weighted by molar-refractivity contribution is 6.14. The minimum Gasteiger partial charge on any atom is -0.481 e. The molecule has 2 aromatic heterocycles. The van der Waals surface area contributed by atoms with Gasteiger partial charge in [0.2, 0.25) is 17.6 Å². The first-order valence-corrected chi connectivity index (χ1v) is 12.2. The Morgan fingerprint density at radius 2 is 1.73 bits per heavy atom. The number of hydrogen-bond donors (Lipinski definition) is 3. The molecule has 0 radical (unpaired) electrons. The van der Waals surface area contributed by atoms with Gasteiger partial charge >= 0.3 is 5.97 Å². The molecule has 0 saturated heterocycles. The summed E-state index contributed by atoms with van der Waals surface area (Å²) < 4.78 is 5.83. The van der Waals surface area contributed by atoms with E-state index in [0.717, 1.165) is 5.56 Å². The maximum Gasteiger partial charge on any atom is 0.307 e. The van der Waals surface area contributed by atoms with Crippen LogP contribution in [0.3, 0.4) is 0 Å². The zero-order valence-corrected chi connectivity index (χ0v) is 21.0. The highest BCUT2D eigenvalue weighted by Crippen LogP contribution is 2.35. The van der Waals surface area contributed by atoms with Gasteiger partial charge in [-0.15, -0.1) is 0 Å². The van der Waals surface area contributed by atoms with Crippen molar-refractivity contribution in [2.45, 2.75) is 39.0 Å². The van der Waals surface area contributed by atoms with Crippen LogP contribution in [0.15, 0.2) is 40.9 Å². The summed E-state index contributed by atoms with van der Waals surface area (Å²) in [5.74, 6) is -2.01. The molecule has 0 atom stereocenters. The number of nitrogens with zero attached hydrogens (tertiary/aromatic N) is 2. The molecule has 3 N–H and O–H groups in total. The standard InChI is InChI=1S/C27H30N4O6/c1-15-4-11-21(28-14-15)29-26(35)24-23(19-12-16(13-22(32)33)5-10-20(19)37-24)30-25(34)17-6-8-18(9-7-17)27(36)31(2)3/h4-5,10-12,14,17-18H,6-9,13H2,1-3H3,(H,30,34)(H,32,33)(H,28,29,35)/t17-,18-. The number of nitrogens with one attached hydrogen (secondary N) is 2. The molecule has 0 aliphatic heterocycles. The number of hydrogen-bond acceptors (Lipinski definition) is 6. The van der Waals surface area contributed by atoms with Crippen LogP contribution in [-0.4, -0.2) is 52.8 Å². The van der Waals surface area contributed by atoms with Gasteiger partial charge in [0.25, 0.3) is 5.91 Å². The van der Waals surface area contributed by atoms with Crippen LogP contribution in [0.2, 0.25) is 0 Å². The van der Waals surface area contributed by atoms with Crippen molar-refractivity contribution < 1.29 is 28.7 Å². The molecular weight excluding hydrogens is 476 g/mol. The minimum atomic E-state index is -0.999. The molecule has 4 rings (SSSR count). The number of rotatable bonds is 7. The molecule has 37 heavy (non-hydrogen) atoms. The van der Waals surface area contributed by atoms with E-state index in [2.05, 4.69) is 15.6 Å². The number of fused-ring (bicyclic) bond motifs is 1. The molecule has 2 heterocycles. The van der Waals surface area contributed by atoms with Gasteiger partial charge in [-0.25, -0.2) is 4.98 Å². The van der Waals surface area contributed by atoms with Crippen molar-refractivity contribution in [1.29, 1.82) is 0 Å². The van der Waals surface area contributed by atoms with E-state index in [0.29, 0.717) is 48.0 Å². The fourth-order valence-corrected chi connectivity index (χ4v) is 4.62. The summed E-state index contributed by atoms with van der Waals surface area (Å²) in [5, 5.41) is 15.2. The van der Waals surface area contributed by atoms with Crippen molar-refractivity contribution >= 4 is 46.2 Å². The number of aryl methyl sites for hydroxylation is 1. The topological polar surface area (TPSA) is 142 Å².